The quantitative estimate of drug-likeness (QED) is 0.532. The van der Waals surface area contributed by atoms with Crippen molar-refractivity contribution in [2.24, 2.45) is 0 Å². The first kappa shape index (κ1) is 22.4. The van der Waals surface area contributed by atoms with Gasteiger partial charge in [-0.1, -0.05) is 6.07 Å². The second kappa shape index (κ2) is 9.46. The molecule has 0 radical (unpaired) electrons. The zero-order chi connectivity index (χ0) is 23.7. The number of fused-ring (bicyclic) bond motifs is 1. The zero-order valence-corrected chi connectivity index (χ0v) is 19.4. The van der Waals surface area contributed by atoms with Crippen molar-refractivity contribution in [3.8, 4) is 11.5 Å². The van der Waals surface area contributed by atoms with Crippen molar-refractivity contribution in [1.82, 2.24) is 14.8 Å². The fourth-order valence-electron chi connectivity index (χ4n) is 4.95. The second-order valence-electron chi connectivity index (χ2n) is 8.78. The van der Waals surface area contributed by atoms with E-state index in [0.29, 0.717) is 13.1 Å². The Hall–Kier alpha value is -3.39. The molecule has 3 aromatic rings. The smallest absolute Gasteiger partial charge is 0.410 e. The number of benzene rings is 2. The summed E-state index contributed by atoms with van der Waals surface area (Å²) in [4.78, 5) is 21.4. The van der Waals surface area contributed by atoms with Gasteiger partial charge >= 0.3 is 6.09 Å². The summed E-state index contributed by atoms with van der Waals surface area (Å²) in [6, 6.07) is 12.9. The first-order chi connectivity index (χ1) is 16.6. The molecule has 8 heteroatoms. The van der Waals surface area contributed by atoms with Crippen molar-refractivity contribution >= 4 is 17.0 Å². The van der Waals surface area contributed by atoms with Crippen molar-refractivity contribution in [2.75, 3.05) is 33.9 Å². The molecule has 5 rings (SSSR count). The van der Waals surface area contributed by atoms with Gasteiger partial charge in [0.15, 0.2) is 11.6 Å². The van der Waals surface area contributed by atoms with Crippen LogP contribution < -0.4 is 9.47 Å². The molecule has 2 fully saturated rings. The van der Waals surface area contributed by atoms with Crippen LogP contribution in [0.3, 0.4) is 0 Å². The van der Waals surface area contributed by atoms with Gasteiger partial charge in [0.25, 0.3) is 0 Å². The van der Waals surface area contributed by atoms with Gasteiger partial charge in [0.05, 0.1) is 26.3 Å². The number of carbonyl (C=O) groups excluding carboxylic acids is 1. The minimum atomic E-state index is -0.345. The van der Waals surface area contributed by atoms with Gasteiger partial charge in [0.2, 0.25) is 0 Å². The summed E-state index contributed by atoms with van der Waals surface area (Å²) in [6.45, 7) is 2.86. The molecule has 178 valence electrons. The average Bonchev–Trinajstić information content (AvgIpc) is 3.25. The fraction of sp³-hybridized carbons (Fsp3) is 0.385. The summed E-state index contributed by atoms with van der Waals surface area (Å²) < 4.78 is 30.2. The van der Waals surface area contributed by atoms with Gasteiger partial charge in [-0.3, -0.25) is 9.88 Å². The predicted molar refractivity (Wildman–Crippen MR) is 125 cm³/mol. The first-order valence-electron chi connectivity index (χ1n) is 11.5. The van der Waals surface area contributed by atoms with E-state index in [0.717, 1.165) is 53.7 Å². The van der Waals surface area contributed by atoms with Crippen molar-refractivity contribution in [3.05, 3.63) is 65.6 Å². The number of rotatable bonds is 6. The fourth-order valence-corrected chi connectivity index (χ4v) is 4.95. The van der Waals surface area contributed by atoms with Crippen molar-refractivity contribution in [2.45, 2.75) is 31.5 Å². The van der Waals surface area contributed by atoms with Crippen molar-refractivity contribution in [3.63, 3.8) is 0 Å². The minimum Gasteiger partial charge on any atom is -0.497 e. The van der Waals surface area contributed by atoms with E-state index < -0.39 is 0 Å². The lowest BCUT2D eigenvalue weighted by atomic mass is 10.0. The molecule has 2 aromatic carbocycles. The molecule has 2 aliphatic heterocycles. The van der Waals surface area contributed by atoms with Gasteiger partial charge in [-0.05, 0) is 54.8 Å². The summed E-state index contributed by atoms with van der Waals surface area (Å²) in [5.74, 6) is 0.652. The molecule has 0 N–H and O–H groups in total. The Morgan fingerprint density at radius 3 is 2.65 bits per heavy atom. The Morgan fingerprint density at radius 1 is 1.09 bits per heavy atom. The van der Waals surface area contributed by atoms with E-state index in [9.17, 15) is 9.18 Å². The molecule has 7 nitrogen and oxygen atoms in total. The Bertz CT molecular complexity index is 1200. The van der Waals surface area contributed by atoms with Crippen LogP contribution in [0.5, 0.6) is 11.5 Å². The monoisotopic (exact) mass is 465 g/mol. The molecule has 3 heterocycles. The van der Waals surface area contributed by atoms with Crippen LogP contribution in [-0.2, 0) is 11.3 Å². The zero-order valence-electron chi connectivity index (χ0n) is 19.4. The number of halogens is 1. The molecular formula is C26H28FN3O4. The lowest BCUT2D eigenvalue weighted by Gasteiger charge is -2.35. The topological polar surface area (TPSA) is 64.1 Å². The lowest BCUT2D eigenvalue weighted by Crippen LogP contribution is -2.45. The van der Waals surface area contributed by atoms with Gasteiger partial charge < -0.3 is 19.1 Å². The summed E-state index contributed by atoms with van der Waals surface area (Å²) in [7, 11) is 3.09. The number of piperidine rings is 1. The summed E-state index contributed by atoms with van der Waals surface area (Å²) in [6.07, 6.45) is 2.84. The molecule has 0 bridgehead atoms. The van der Waals surface area contributed by atoms with Crippen LogP contribution in [0.4, 0.5) is 9.18 Å². The van der Waals surface area contributed by atoms with Gasteiger partial charge in [0.1, 0.15) is 11.9 Å². The average molecular weight is 466 g/mol. The molecule has 1 atom stereocenters. The Balaban J connectivity index is 1.23. The van der Waals surface area contributed by atoms with E-state index >= 15 is 0 Å². The van der Waals surface area contributed by atoms with E-state index in [4.69, 9.17) is 14.2 Å². The lowest BCUT2D eigenvalue weighted by molar-refractivity contribution is 0.110. The van der Waals surface area contributed by atoms with Gasteiger partial charge in [-0.25, -0.2) is 9.18 Å². The second-order valence-corrected chi connectivity index (χ2v) is 8.78. The van der Waals surface area contributed by atoms with Crippen LogP contribution >= 0.6 is 0 Å². The van der Waals surface area contributed by atoms with Crippen LogP contribution in [0, 0.1) is 5.82 Å². The number of methoxy groups -OCH3 is 2. The Morgan fingerprint density at radius 2 is 1.91 bits per heavy atom. The number of ether oxygens (including phenoxy) is 3. The molecule has 34 heavy (non-hydrogen) atoms. The molecule has 2 aliphatic rings. The summed E-state index contributed by atoms with van der Waals surface area (Å²) in [5, 5.41) is 0.933. The molecular weight excluding hydrogens is 437 g/mol. The SMILES string of the molecule is COc1ccc2nccc(C3CN(C4CCN(Cc5ccc(OC)c(F)c5)CC4)C(=O)O3)c2c1. The van der Waals surface area contributed by atoms with Crippen molar-refractivity contribution < 1.29 is 23.4 Å². The van der Waals surface area contributed by atoms with Crippen LogP contribution in [-0.4, -0.2) is 60.8 Å². The third-order valence-electron chi connectivity index (χ3n) is 6.79. The molecule has 1 aromatic heterocycles. The largest absolute Gasteiger partial charge is 0.497 e. The highest BCUT2D eigenvalue weighted by atomic mass is 19.1. The van der Waals surface area contributed by atoms with Gasteiger partial charge in [0, 0.05) is 42.8 Å². The van der Waals surface area contributed by atoms with Crippen LogP contribution in [0.2, 0.25) is 0 Å². The molecule has 0 saturated carbocycles. The minimum absolute atomic E-state index is 0.129. The molecule has 0 aliphatic carbocycles. The number of cyclic esters (lactones) is 1. The van der Waals surface area contributed by atoms with Crippen LogP contribution in [0.1, 0.15) is 30.1 Å². The normalized spacial score (nSPS) is 19.4. The first-order valence-corrected chi connectivity index (χ1v) is 11.5. The van der Waals surface area contributed by atoms with Crippen LogP contribution in [0.15, 0.2) is 48.7 Å². The van der Waals surface area contributed by atoms with Gasteiger partial charge in [-0.15, -0.1) is 0 Å². The van der Waals surface area contributed by atoms with E-state index in [1.54, 1.807) is 19.4 Å². The number of hydrogen-bond acceptors (Lipinski definition) is 6. The molecule has 2 saturated heterocycles. The van der Waals surface area contributed by atoms with Gasteiger partial charge in [-0.2, -0.15) is 0 Å². The number of hydrogen-bond donors (Lipinski definition) is 0. The number of carbonyl (C=O) groups is 1. The molecule has 1 unspecified atom stereocenters. The van der Waals surface area contributed by atoms with Crippen LogP contribution in [0.25, 0.3) is 10.9 Å². The number of nitrogens with zero attached hydrogens (tertiary/aromatic N) is 3. The highest BCUT2D eigenvalue weighted by molar-refractivity contribution is 5.84. The van der Waals surface area contributed by atoms with E-state index in [-0.39, 0.29) is 29.8 Å². The number of likely N-dealkylation sites (tertiary alicyclic amines) is 1. The third-order valence-corrected chi connectivity index (χ3v) is 6.79. The standard InChI is InChI=1S/C26H28FN3O4/c1-32-19-4-5-23-21(14-19)20(7-10-28-23)25-16-30(26(31)34-25)18-8-11-29(12-9-18)15-17-3-6-24(33-2)22(27)13-17/h3-7,10,13-14,18,25H,8-9,11-12,15-16H2,1-2H3. The third kappa shape index (κ3) is 4.37. The van der Waals surface area contributed by atoms with Crippen molar-refractivity contribution in [1.29, 1.82) is 0 Å². The Labute approximate surface area is 198 Å². The predicted octanol–water partition coefficient (Wildman–Crippen LogP) is 4.55. The summed E-state index contributed by atoms with van der Waals surface area (Å²) >= 11 is 0. The van der Waals surface area contributed by atoms with E-state index in [2.05, 4.69) is 9.88 Å². The maximum Gasteiger partial charge on any atom is 0.410 e. The number of amides is 1. The highest BCUT2D eigenvalue weighted by Gasteiger charge is 2.38. The summed E-state index contributed by atoms with van der Waals surface area (Å²) in [5.41, 5.74) is 2.70. The maximum absolute atomic E-state index is 14.0. The highest BCUT2D eigenvalue weighted by Crippen LogP contribution is 2.35. The molecule has 0 spiro atoms. The maximum atomic E-state index is 14.0. The number of aromatic nitrogens is 1. The molecule has 1 amide bonds. The van der Waals surface area contributed by atoms with E-state index in [1.807, 2.05) is 35.2 Å². The Kier molecular flexibility index (Phi) is 6.24. The van der Waals surface area contributed by atoms with E-state index in [1.165, 1.54) is 13.2 Å². The number of pyridine rings is 1.